The summed E-state index contributed by atoms with van der Waals surface area (Å²) in [6, 6.07) is 5.44. The molecule has 0 aliphatic carbocycles. The molecule has 2 aromatic rings. The van der Waals surface area contributed by atoms with Gasteiger partial charge in [-0.2, -0.15) is 0 Å². The topological polar surface area (TPSA) is 172 Å². The Morgan fingerprint density at radius 3 is 1.22 bits per heavy atom. The fourth-order valence-electron chi connectivity index (χ4n) is 2.25. The zero-order chi connectivity index (χ0) is 19.6. The summed E-state index contributed by atoms with van der Waals surface area (Å²) in [7, 11) is 0. The monoisotopic (exact) mass is 419 g/mol. The Kier molecular flexibility index (Phi) is 6.59. The van der Waals surface area contributed by atoms with Gasteiger partial charge in [0.25, 0.3) is 0 Å². The van der Waals surface area contributed by atoms with Crippen LogP contribution >= 0.6 is 0 Å². The summed E-state index contributed by atoms with van der Waals surface area (Å²) in [6.07, 6.45) is 0. The first kappa shape index (κ1) is 21.6. The van der Waals surface area contributed by atoms with Crippen LogP contribution in [0.3, 0.4) is 0 Å². The molecule has 27 heavy (non-hydrogen) atoms. The third-order valence-corrected chi connectivity index (χ3v) is 3.46. The first-order valence-corrected chi connectivity index (χ1v) is 6.85. The SMILES string of the molecule is O=C(c1ccc(C(=O)O)c(C(=O)[O-])c1)c1ccc(C(=O)O)c(C(=O)[O-])c1.[Cu+2]. The number of carboxylic acid groups (broad SMARTS) is 4. The van der Waals surface area contributed by atoms with Crippen molar-refractivity contribution in [1.29, 1.82) is 0 Å². The molecule has 0 amide bonds. The van der Waals surface area contributed by atoms with Crippen LogP contribution < -0.4 is 10.2 Å². The summed E-state index contributed by atoms with van der Waals surface area (Å²) < 4.78 is 0. The molecule has 141 valence electrons. The number of rotatable bonds is 6. The molecule has 0 heterocycles. The smallest absolute Gasteiger partial charge is 0.545 e. The maximum Gasteiger partial charge on any atom is 2.00 e. The number of carboxylic acids is 4. The summed E-state index contributed by atoms with van der Waals surface area (Å²) in [4.78, 5) is 56.6. The molecule has 0 bridgehead atoms. The number of hydrogen-bond donors (Lipinski definition) is 2. The van der Waals surface area contributed by atoms with E-state index < -0.39 is 51.9 Å². The van der Waals surface area contributed by atoms with Gasteiger partial charge in [-0.05, 0) is 24.3 Å². The van der Waals surface area contributed by atoms with Crippen LogP contribution in [0, 0.1) is 0 Å². The van der Waals surface area contributed by atoms with Gasteiger partial charge in [-0.1, -0.05) is 12.1 Å². The van der Waals surface area contributed by atoms with Gasteiger partial charge in [0.1, 0.15) is 0 Å². The molecular formula is C17H8CuO9. The van der Waals surface area contributed by atoms with Gasteiger partial charge >= 0.3 is 29.0 Å². The second-order valence-electron chi connectivity index (χ2n) is 5.04. The Morgan fingerprint density at radius 1 is 0.630 bits per heavy atom. The van der Waals surface area contributed by atoms with E-state index in [0.717, 1.165) is 36.4 Å². The predicted molar refractivity (Wildman–Crippen MR) is 78.9 cm³/mol. The van der Waals surface area contributed by atoms with Crippen LogP contribution in [0.4, 0.5) is 0 Å². The second kappa shape index (κ2) is 8.26. The molecule has 0 aliphatic heterocycles. The number of aromatic carboxylic acids is 4. The fraction of sp³-hybridized carbons (Fsp3) is 0. The first-order chi connectivity index (χ1) is 12.1. The van der Waals surface area contributed by atoms with E-state index in [1.807, 2.05) is 0 Å². The van der Waals surface area contributed by atoms with Gasteiger partial charge in [0.05, 0.1) is 23.1 Å². The van der Waals surface area contributed by atoms with Crippen LogP contribution in [0.1, 0.15) is 57.4 Å². The minimum atomic E-state index is -1.81. The third kappa shape index (κ3) is 4.38. The van der Waals surface area contributed by atoms with Gasteiger partial charge in [-0.3, -0.25) is 4.79 Å². The Morgan fingerprint density at radius 2 is 0.963 bits per heavy atom. The van der Waals surface area contributed by atoms with E-state index >= 15 is 0 Å². The minimum absolute atomic E-state index is 0. The number of carbonyl (C=O) groups is 5. The first-order valence-electron chi connectivity index (χ1n) is 6.85. The maximum absolute atomic E-state index is 12.4. The Bertz CT molecular complexity index is 901. The van der Waals surface area contributed by atoms with Crippen molar-refractivity contribution in [3.63, 3.8) is 0 Å². The van der Waals surface area contributed by atoms with Crippen molar-refractivity contribution in [3.05, 3.63) is 69.8 Å². The third-order valence-electron chi connectivity index (χ3n) is 3.46. The van der Waals surface area contributed by atoms with Crippen LogP contribution in [0.5, 0.6) is 0 Å². The fourth-order valence-corrected chi connectivity index (χ4v) is 2.25. The summed E-state index contributed by atoms with van der Waals surface area (Å²) in [5, 5.41) is 40.0. The maximum atomic E-state index is 12.4. The van der Waals surface area contributed by atoms with Crippen molar-refractivity contribution in [3.8, 4) is 0 Å². The molecule has 2 aromatic carbocycles. The molecule has 0 aromatic heterocycles. The van der Waals surface area contributed by atoms with Crippen LogP contribution in [0.25, 0.3) is 0 Å². The van der Waals surface area contributed by atoms with E-state index in [0.29, 0.717) is 0 Å². The summed E-state index contributed by atoms with van der Waals surface area (Å²) in [5.41, 5.74) is -3.13. The number of ketones is 1. The molecule has 9 nitrogen and oxygen atoms in total. The van der Waals surface area contributed by atoms with E-state index in [2.05, 4.69) is 0 Å². The molecule has 1 radical (unpaired) electrons. The zero-order valence-corrected chi connectivity index (χ0v) is 14.0. The zero-order valence-electron chi connectivity index (χ0n) is 13.0. The molecule has 2 N–H and O–H groups in total. The van der Waals surface area contributed by atoms with Crippen molar-refractivity contribution in [2.24, 2.45) is 0 Å². The van der Waals surface area contributed by atoms with E-state index in [-0.39, 0.29) is 28.2 Å². The van der Waals surface area contributed by atoms with E-state index in [1.165, 1.54) is 0 Å². The molecule has 0 spiro atoms. The van der Waals surface area contributed by atoms with Gasteiger partial charge in [0, 0.05) is 22.3 Å². The molecule has 0 saturated heterocycles. The molecule has 0 saturated carbocycles. The summed E-state index contributed by atoms with van der Waals surface area (Å²) >= 11 is 0. The van der Waals surface area contributed by atoms with Crippen LogP contribution in [0.2, 0.25) is 0 Å². The van der Waals surface area contributed by atoms with E-state index in [1.54, 1.807) is 0 Å². The quantitative estimate of drug-likeness (QED) is 0.441. The van der Waals surface area contributed by atoms with Crippen molar-refractivity contribution >= 4 is 29.7 Å². The molecule has 0 atom stereocenters. The van der Waals surface area contributed by atoms with Gasteiger partial charge in [0.2, 0.25) is 0 Å². The standard InChI is InChI=1S/C17H10O9.Cu/c18-13(7-1-3-9(14(19)20)11(5-7)16(23)24)8-2-4-10(15(21)22)12(6-8)17(25)26;/h1-6H,(H,19,20)(H,21,22)(H,23,24)(H,25,26);/q;+2/p-2. The molecule has 0 unspecified atom stereocenters. The van der Waals surface area contributed by atoms with Crippen molar-refractivity contribution in [2.75, 3.05) is 0 Å². The Hall–Kier alpha value is -3.49. The number of carbonyl (C=O) groups excluding carboxylic acids is 3. The number of hydrogen-bond acceptors (Lipinski definition) is 7. The van der Waals surface area contributed by atoms with Crippen molar-refractivity contribution in [2.45, 2.75) is 0 Å². The van der Waals surface area contributed by atoms with Gasteiger partial charge in [-0.25, -0.2) is 9.59 Å². The Balaban J connectivity index is 0.00000364. The Labute approximate surface area is 161 Å². The van der Waals surface area contributed by atoms with Crippen molar-refractivity contribution in [1.82, 2.24) is 0 Å². The average Bonchev–Trinajstić information content (AvgIpc) is 2.59. The van der Waals surface area contributed by atoms with E-state index in [4.69, 9.17) is 10.2 Å². The molecule has 0 fully saturated rings. The number of benzene rings is 2. The normalized spacial score (nSPS) is 9.78. The van der Waals surface area contributed by atoms with Crippen molar-refractivity contribution < 1.29 is 61.5 Å². The molecule has 0 aliphatic rings. The van der Waals surface area contributed by atoms with Crippen LogP contribution in [0.15, 0.2) is 36.4 Å². The largest absolute Gasteiger partial charge is 2.00 e. The van der Waals surface area contributed by atoms with Crippen LogP contribution in [-0.4, -0.2) is 39.9 Å². The van der Waals surface area contributed by atoms with Gasteiger partial charge in [-0.15, -0.1) is 0 Å². The summed E-state index contributed by atoms with van der Waals surface area (Å²) in [6.45, 7) is 0. The molecule has 2 rings (SSSR count). The van der Waals surface area contributed by atoms with Crippen LogP contribution in [-0.2, 0) is 17.1 Å². The molecule has 10 heteroatoms. The predicted octanol–water partition coefficient (Wildman–Crippen LogP) is -0.962. The average molecular weight is 420 g/mol. The summed E-state index contributed by atoms with van der Waals surface area (Å²) in [5.74, 6) is -7.53. The van der Waals surface area contributed by atoms with Gasteiger partial charge in [0.15, 0.2) is 5.78 Å². The molecular weight excluding hydrogens is 412 g/mol. The minimum Gasteiger partial charge on any atom is -0.545 e. The van der Waals surface area contributed by atoms with Gasteiger partial charge < -0.3 is 30.0 Å². The second-order valence-corrected chi connectivity index (χ2v) is 5.04. The van der Waals surface area contributed by atoms with E-state index in [9.17, 15) is 34.2 Å².